The van der Waals surface area contributed by atoms with E-state index < -0.39 is 0 Å². The topological polar surface area (TPSA) is 69.5 Å². The van der Waals surface area contributed by atoms with Crippen molar-refractivity contribution in [3.63, 3.8) is 0 Å². The predicted molar refractivity (Wildman–Crippen MR) is 152 cm³/mol. The standard InChI is InChI=1S/C30H44N6O/c1-4-6-24(5-2)32-30-31-19-27-28(21-36(29(27)33-30)25-11-13-26(37)14-12-25)23-9-7-22(8-10-23)20-35-17-15-34(3)16-18-35/h7-10,19,21,24-26,37H,4-6,11-18,20H2,1-3H3,(H,31,32,33)/t24-,25-,26-/m0/s1. The first-order valence-electron chi connectivity index (χ1n) is 14.4. The van der Waals surface area contributed by atoms with E-state index in [1.54, 1.807) is 0 Å². The maximum Gasteiger partial charge on any atom is 0.224 e. The van der Waals surface area contributed by atoms with Crippen LogP contribution in [0.15, 0.2) is 36.7 Å². The fourth-order valence-electron chi connectivity index (χ4n) is 5.91. The Morgan fingerprint density at radius 1 is 1.03 bits per heavy atom. The number of likely N-dealkylation sites (N-methyl/N-ethyl adjacent to an activating group) is 1. The second kappa shape index (κ2) is 11.9. The molecule has 2 aliphatic rings. The van der Waals surface area contributed by atoms with E-state index in [1.165, 1.54) is 16.7 Å². The summed E-state index contributed by atoms with van der Waals surface area (Å²) in [5.41, 5.74) is 4.77. The van der Waals surface area contributed by atoms with Crippen LogP contribution in [-0.4, -0.2) is 74.8 Å². The molecule has 5 rings (SSSR count). The molecule has 7 nitrogen and oxygen atoms in total. The van der Waals surface area contributed by atoms with Crippen molar-refractivity contribution in [3.05, 3.63) is 42.2 Å². The van der Waals surface area contributed by atoms with Crippen molar-refractivity contribution >= 4 is 17.0 Å². The summed E-state index contributed by atoms with van der Waals surface area (Å²) in [4.78, 5) is 14.7. The predicted octanol–water partition coefficient (Wildman–Crippen LogP) is 5.31. The zero-order valence-corrected chi connectivity index (χ0v) is 22.9. The van der Waals surface area contributed by atoms with Gasteiger partial charge in [0.25, 0.3) is 0 Å². The molecule has 7 heteroatoms. The van der Waals surface area contributed by atoms with Crippen LogP contribution in [0, 0.1) is 0 Å². The number of benzene rings is 1. The van der Waals surface area contributed by atoms with Gasteiger partial charge in [-0.25, -0.2) is 4.98 Å². The number of aromatic nitrogens is 3. The molecular weight excluding hydrogens is 460 g/mol. The minimum Gasteiger partial charge on any atom is -0.393 e. The Kier molecular flexibility index (Phi) is 8.43. The van der Waals surface area contributed by atoms with Crippen molar-refractivity contribution in [1.29, 1.82) is 0 Å². The Morgan fingerprint density at radius 2 is 1.76 bits per heavy atom. The van der Waals surface area contributed by atoms with E-state index in [0.29, 0.717) is 12.1 Å². The molecule has 1 aliphatic carbocycles. The molecule has 200 valence electrons. The van der Waals surface area contributed by atoms with E-state index >= 15 is 0 Å². The van der Waals surface area contributed by atoms with E-state index in [2.05, 4.69) is 71.0 Å². The molecule has 2 fully saturated rings. The van der Waals surface area contributed by atoms with Crippen molar-refractivity contribution < 1.29 is 5.11 Å². The first-order chi connectivity index (χ1) is 18.0. The van der Waals surface area contributed by atoms with E-state index in [-0.39, 0.29) is 6.10 Å². The summed E-state index contributed by atoms with van der Waals surface area (Å²) in [7, 11) is 2.20. The SMILES string of the molecule is CCC[C@H](CC)Nc1ncc2c(-c3ccc(CN4CCN(C)CC4)cc3)cn([C@H]3CC[C@H](O)CC3)c2n1. The van der Waals surface area contributed by atoms with Gasteiger partial charge in [0.1, 0.15) is 5.65 Å². The highest BCUT2D eigenvalue weighted by Gasteiger charge is 2.24. The average molecular weight is 505 g/mol. The lowest BCUT2D eigenvalue weighted by Crippen LogP contribution is -2.43. The Hall–Kier alpha value is -2.48. The maximum atomic E-state index is 10.1. The van der Waals surface area contributed by atoms with E-state index in [9.17, 15) is 5.11 Å². The third-order valence-corrected chi connectivity index (χ3v) is 8.36. The number of hydrogen-bond donors (Lipinski definition) is 2. The van der Waals surface area contributed by atoms with Crippen LogP contribution in [0.3, 0.4) is 0 Å². The molecule has 2 aromatic heterocycles. The summed E-state index contributed by atoms with van der Waals surface area (Å²) in [6, 6.07) is 9.83. The molecule has 1 aromatic carbocycles. The van der Waals surface area contributed by atoms with Crippen LogP contribution in [0.1, 0.15) is 70.4 Å². The van der Waals surface area contributed by atoms with Gasteiger partial charge in [0.15, 0.2) is 0 Å². The summed E-state index contributed by atoms with van der Waals surface area (Å²) in [5.74, 6) is 0.720. The molecule has 3 aromatic rings. The summed E-state index contributed by atoms with van der Waals surface area (Å²) in [6.07, 6.45) is 11.1. The lowest BCUT2D eigenvalue weighted by Gasteiger charge is -2.32. The third-order valence-electron chi connectivity index (χ3n) is 8.36. The molecular formula is C30H44N6O. The van der Waals surface area contributed by atoms with E-state index in [1.807, 2.05) is 6.20 Å². The number of piperazine rings is 1. The number of aliphatic hydroxyl groups excluding tert-OH is 1. The summed E-state index contributed by atoms with van der Waals surface area (Å²) < 4.78 is 2.36. The van der Waals surface area contributed by atoms with Crippen LogP contribution in [0.4, 0.5) is 5.95 Å². The molecule has 3 heterocycles. The Bertz CT molecular complexity index is 1140. The zero-order valence-electron chi connectivity index (χ0n) is 22.9. The number of anilines is 1. The van der Waals surface area contributed by atoms with Gasteiger partial charge in [0.2, 0.25) is 5.95 Å². The summed E-state index contributed by atoms with van der Waals surface area (Å²) in [6.45, 7) is 10.00. The molecule has 1 aliphatic heterocycles. The number of hydrogen-bond acceptors (Lipinski definition) is 6. The molecule has 1 saturated heterocycles. The largest absolute Gasteiger partial charge is 0.393 e. The van der Waals surface area contributed by atoms with Gasteiger partial charge < -0.3 is 19.9 Å². The van der Waals surface area contributed by atoms with Crippen LogP contribution in [-0.2, 0) is 6.54 Å². The normalized spacial score (nSPS) is 22.4. The van der Waals surface area contributed by atoms with Gasteiger partial charge in [0.05, 0.1) is 6.10 Å². The molecule has 0 bridgehead atoms. The number of aliphatic hydroxyl groups is 1. The van der Waals surface area contributed by atoms with Crippen LogP contribution < -0.4 is 5.32 Å². The van der Waals surface area contributed by atoms with Gasteiger partial charge in [-0.3, -0.25) is 4.90 Å². The quantitative estimate of drug-likeness (QED) is 0.411. The van der Waals surface area contributed by atoms with Crippen molar-refractivity contribution in [2.45, 2.75) is 83.5 Å². The molecule has 37 heavy (non-hydrogen) atoms. The smallest absolute Gasteiger partial charge is 0.224 e. The lowest BCUT2D eigenvalue weighted by molar-refractivity contribution is 0.111. The van der Waals surface area contributed by atoms with Gasteiger partial charge >= 0.3 is 0 Å². The van der Waals surface area contributed by atoms with Crippen molar-refractivity contribution in [1.82, 2.24) is 24.3 Å². The van der Waals surface area contributed by atoms with Crippen LogP contribution in [0.5, 0.6) is 0 Å². The second-order valence-corrected chi connectivity index (χ2v) is 11.2. The van der Waals surface area contributed by atoms with Crippen LogP contribution in [0.2, 0.25) is 0 Å². The molecule has 0 radical (unpaired) electrons. The minimum atomic E-state index is -0.170. The Labute approximate surface area is 221 Å². The highest BCUT2D eigenvalue weighted by Crippen LogP contribution is 2.37. The van der Waals surface area contributed by atoms with Gasteiger partial charge in [-0.2, -0.15) is 4.98 Å². The van der Waals surface area contributed by atoms with Gasteiger partial charge in [-0.15, -0.1) is 0 Å². The highest BCUT2D eigenvalue weighted by atomic mass is 16.3. The number of rotatable bonds is 9. The van der Waals surface area contributed by atoms with Crippen LogP contribution in [0.25, 0.3) is 22.2 Å². The summed E-state index contributed by atoms with van der Waals surface area (Å²) >= 11 is 0. The molecule has 1 saturated carbocycles. The number of nitrogens with one attached hydrogen (secondary N) is 1. The fraction of sp³-hybridized carbons (Fsp3) is 0.600. The maximum absolute atomic E-state index is 10.1. The van der Waals surface area contributed by atoms with Crippen LogP contribution >= 0.6 is 0 Å². The molecule has 1 atom stereocenters. The van der Waals surface area contributed by atoms with Gasteiger partial charge in [-0.05, 0) is 56.7 Å². The fourth-order valence-corrected chi connectivity index (χ4v) is 5.91. The Morgan fingerprint density at radius 3 is 2.43 bits per heavy atom. The minimum absolute atomic E-state index is 0.170. The van der Waals surface area contributed by atoms with Crippen molar-refractivity contribution in [2.75, 3.05) is 38.5 Å². The average Bonchev–Trinajstić information content (AvgIpc) is 3.29. The Balaban J connectivity index is 1.43. The summed E-state index contributed by atoms with van der Waals surface area (Å²) in [5, 5.41) is 14.8. The van der Waals surface area contributed by atoms with E-state index in [0.717, 1.165) is 94.7 Å². The second-order valence-electron chi connectivity index (χ2n) is 11.2. The zero-order chi connectivity index (χ0) is 25.8. The first kappa shape index (κ1) is 26.1. The third kappa shape index (κ3) is 6.16. The van der Waals surface area contributed by atoms with Gasteiger partial charge in [0, 0.05) is 68.2 Å². The molecule has 0 unspecified atom stereocenters. The monoisotopic (exact) mass is 504 g/mol. The van der Waals surface area contributed by atoms with E-state index in [4.69, 9.17) is 9.97 Å². The number of fused-ring (bicyclic) bond motifs is 1. The number of nitrogens with zero attached hydrogens (tertiary/aromatic N) is 5. The highest BCUT2D eigenvalue weighted by molar-refractivity contribution is 5.94. The lowest BCUT2D eigenvalue weighted by atomic mass is 9.93. The molecule has 0 amide bonds. The van der Waals surface area contributed by atoms with Crippen molar-refractivity contribution in [3.8, 4) is 11.1 Å². The van der Waals surface area contributed by atoms with Crippen molar-refractivity contribution in [2.24, 2.45) is 0 Å². The molecule has 2 N–H and O–H groups in total. The molecule has 0 spiro atoms. The first-order valence-corrected chi connectivity index (χ1v) is 14.4. The van der Waals surface area contributed by atoms with Gasteiger partial charge in [-0.1, -0.05) is 44.5 Å².